The Morgan fingerprint density at radius 1 is 1.02 bits per heavy atom. The van der Waals surface area contributed by atoms with Gasteiger partial charge in [-0.05, 0) is 130 Å². The first-order valence-corrected chi connectivity index (χ1v) is 17.2. The molecule has 2 amide bonds. The van der Waals surface area contributed by atoms with Gasteiger partial charge in [-0.1, -0.05) is 13.0 Å². The zero-order valence-corrected chi connectivity index (χ0v) is 26.5. The van der Waals surface area contributed by atoms with Crippen molar-refractivity contribution >= 4 is 11.8 Å². The highest BCUT2D eigenvalue weighted by Crippen LogP contribution is 2.60. The van der Waals surface area contributed by atoms with Gasteiger partial charge in [0.2, 0.25) is 11.8 Å². The van der Waals surface area contributed by atoms with E-state index in [2.05, 4.69) is 45.6 Å². The molecule has 43 heavy (non-hydrogen) atoms. The number of ether oxygens (including phenoxy) is 1. The van der Waals surface area contributed by atoms with Crippen molar-refractivity contribution in [3.05, 3.63) is 29.3 Å². The Kier molecular flexibility index (Phi) is 9.65. The van der Waals surface area contributed by atoms with Gasteiger partial charge in [0, 0.05) is 38.6 Å². The number of amides is 2. The van der Waals surface area contributed by atoms with Crippen LogP contribution in [0, 0.1) is 23.2 Å². The maximum absolute atomic E-state index is 12.6. The fourth-order valence-corrected chi connectivity index (χ4v) is 9.54. The van der Waals surface area contributed by atoms with Crippen LogP contribution in [0.1, 0.15) is 88.2 Å². The number of nitrogens with zero attached hydrogens (tertiary/aromatic N) is 2. The summed E-state index contributed by atoms with van der Waals surface area (Å²) in [6, 6.07) is 7.29. The zero-order chi connectivity index (χ0) is 30.0. The Balaban J connectivity index is 0.867. The van der Waals surface area contributed by atoms with Gasteiger partial charge >= 0.3 is 0 Å². The molecule has 5 unspecified atom stereocenters. The lowest BCUT2D eigenvalue weighted by Crippen LogP contribution is -2.50. The van der Waals surface area contributed by atoms with Crippen molar-refractivity contribution in [2.24, 2.45) is 23.2 Å². The lowest BCUT2D eigenvalue weighted by Gasteiger charge is -2.50. The number of carbonyl (C=O) groups is 2. The molecule has 0 radical (unpaired) electrons. The Bertz CT molecular complexity index is 1130. The number of likely N-dealkylation sites (tertiary alicyclic amines) is 2. The van der Waals surface area contributed by atoms with E-state index in [4.69, 9.17) is 4.74 Å². The second-order valence-electron chi connectivity index (χ2n) is 14.4. The van der Waals surface area contributed by atoms with E-state index in [1.54, 1.807) is 7.05 Å². The van der Waals surface area contributed by atoms with Gasteiger partial charge in [-0.15, -0.1) is 0 Å². The van der Waals surface area contributed by atoms with Crippen LogP contribution in [0.15, 0.2) is 18.2 Å². The van der Waals surface area contributed by atoms with Gasteiger partial charge in [0.05, 0.1) is 19.3 Å². The van der Waals surface area contributed by atoms with Crippen LogP contribution in [-0.4, -0.2) is 91.8 Å². The van der Waals surface area contributed by atoms with E-state index < -0.39 is 0 Å². The third-order valence-electron chi connectivity index (χ3n) is 12.1. The number of nitrogens with one attached hydrogen (secondary N) is 2. The second-order valence-corrected chi connectivity index (χ2v) is 14.4. The Labute approximate surface area is 258 Å². The maximum atomic E-state index is 12.6. The number of carbonyl (C=O) groups excluding carboxylic acids is 2. The van der Waals surface area contributed by atoms with Gasteiger partial charge in [-0.25, -0.2) is 0 Å². The van der Waals surface area contributed by atoms with Crippen LogP contribution < -0.4 is 15.4 Å². The summed E-state index contributed by atoms with van der Waals surface area (Å²) in [4.78, 5) is 29.3. The molecule has 0 aromatic heterocycles. The highest BCUT2D eigenvalue weighted by atomic mass is 16.5. The average Bonchev–Trinajstić information content (AvgIpc) is 3.34. The van der Waals surface area contributed by atoms with E-state index in [-0.39, 0.29) is 29.3 Å². The summed E-state index contributed by atoms with van der Waals surface area (Å²) in [5, 5.41) is 16.5. The largest absolute Gasteiger partial charge is 0.494 e. The number of aliphatic hydroxyl groups is 1. The predicted octanol–water partition coefficient (Wildman–Crippen LogP) is 3.71. The number of aliphatic hydroxyl groups excluding tert-OH is 1. The smallest absolute Gasteiger partial charge is 0.234 e. The van der Waals surface area contributed by atoms with Crippen LogP contribution in [0.3, 0.4) is 0 Å². The molecule has 2 aliphatic heterocycles. The number of hydrogen-bond acceptors (Lipinski definition) is 6. The molecule has 2 saturated heterocycles. The van der Waals surface area contributed by atoms with Crippen LogP contribution in [-0.2, 0) is 16.0 Å². The molecule has 5 aliphatic rings. The van der Waals surface area contributed by atoms with E-state index in [1.807, 2.05) is 0 Å². The normalized spacial score (nSPS) is 32.0. The zero-order valence-electron chi connectivity index (χ0n) is 26.5. The quantitative estimate of drug-likeness (QED) is 0.378. The van der Waals surface area contributed by atoms with E-state index in [1.165, 1.54) is 30.4 Å². The topological polar surface area (TPSA) is 94.1 Å². The van der Waals surface area contributed by atoms with Crippen molar-refractivity contribution in [2.75, 3.05) is 52.9 Å². The molecule has 4 fully saturated rings. The third-order valence-corrected chi connectivity index (χ3v) is 12.1. The molecule has 2 heterocycles. The summed E-state index contributed by atoms with van der Waals surface area (Å²) >= 11 is 0. The summed E-state index contributed by atoms with van der Waals surface area (Å²) in [6.45, 7) is 7.97. The molecule has 5 atom stereocenters. The van der Waals surface area contributed by atoms with E-state index in [9.17, 15) is 14.7 Å². The standard InChI is InChI=1S/C35H54N4O4/c1-35-15-10-29-28-7-5-27(22-25(28)4-6-30(29)31(35)8-9-32(35)40)43-21-3-16-37-33(41)23-38-17-13-26(14-18-38)39-19-11-24(12-20-39)34(42)36-2/h5,7,22,24,26,29-32,40H,3-4,6,8-21,23H2,1-2H3,(H,36,42)(H,37,41). The summed E-state index contributed by atoms with van der Waals surface area (Å²) < 4.78 is 6.11. The molecule has 1 aromatic carbocycles. The molecular weight excluding hydrogens is 540 g/mol. The van der Waals surface area contributed by atoms with Crippen molar-refractivity contribution < 1.29 is 19.4 Å². The first-order chi connectivity index (χ1) is 20.9. The van der Waals surface area contributed by atoms with Gasteiger partial charge < -0.3 is 25.4 Å². The van der Waals surface area contributed by atoms with Crippen LogP contribution in [0.2, 0.25) is 0 Å². The second kappa shape index (κ2) is 13.5. The van der Waals surface area contributed by atoms with Crippen molar-refractivity contribution in [3.63, 3.8) is 0 Å². The van der Waals surface area contributed by atoms with Crippen LogP contribution >= 0.6 is 0 Å². The van der Waals surface area contributed by atoms with E-state index in [0.717, 1.165) is 83.3 Å². The lowest BCUT2D eigenvalue weighted by atomic mass is 9.55. The average molecular weight is 595 g/mol. The number of benzene rings is 1. The molecule has 0 bridgehead atoms. The molecule has 6 rings (SSSR count). The van der Waals surface area contributed by atoms with Crippen molar-refractivity contribution in [1.29, 1.82) is 0 Å². The molecule has 8 heteroatoms. The summed E-state index contributed by atoms with van der Waals surface area (Å²) in [6.07, 6.45) is 11.6. The molecule has 1 aromatic rings. The third kappa shape index (κ3) is 6.62. The molecule has 238 valence electrons. The highest BCUT2D eigenvalue weighted by Gasteiger charge is 2.54. The predicted molar refractivity (Wildman–Crippen MR) is 168 cm³/mol. The first kappa shape index (κ1) is 30.8. The number of fused-ring (bicyclic) bond motifs is 5. The Hall–Kier alpha value is -2.16. The summed E-state index contributed by atoms with van der Waals surface area (Å²) in [5.41, 5.74) is 3.10. The Morgan fingerprint density at radius 3 is 2.58 bits per heavy atom. The van der Waals surface area contributed by atoms with Gasteiger partial charge in [-0.2, -0.15) is 0 Å². The van der Waals surface area contributed by atoms with Gasteiger partial charge in [0.15, 0.2) is 0 Å². The lowest BCUT2D eigenvalue weighted by molar-refractivity contribution is -0.126. The summed E-state index contributed by atoms with van der Waals surface area (Å²) in [7, 11) is 1.73. The molecule has 3 N–H and O–H groups in total. The molecule has 8 nitrogen and oxygen atoms in total. The van der Waals surface area contributed by atoms with E-state index in [0.29, 0.717) is 43.5 Å². The van der Waals surface area contributed by atoms with Gasteiger partial charge in [0.25, 0.3) is 0 Å². The van der Waals surface area contributed by atoms with Crippen molar-refractivity contribution in [3.8, 4) is 5.75 Å². The number of aryl methyl sites for hydroxylation is 1. The SMILES string of the molecule is CNC(=O)C1CCN(C2CCN(CC(=O)NCCCOc3ccc4c(c3)CCC3C4CCC4(C)C(O)CCC34)CC2)CC1. The fraction of sp³-hybridized carbons (Fsp3) is 0.771. The Morgan fingerprint density at radius 2 is 1.81 bits per heavy atom. The molecular formula is C35H54N4O4. The van der Waals surface area contributed by atoms with Crippen LogP contribution in [0.25, 0.3) is 0 Å². The van der Waals surface area contributed by atoms with Crippen molar-refractivity contribution in [2.45, 2.75) is 95.6 Å². The summed E-state index contributed by atoms with van der Waals surface area (Å²) in [5.74, 6) is 3.41. The minimum atomic E-state index is -0.116. The number of hydrogen-bond donors (Lipinski definition) is 3. The monoisotopic (exact) mass is 594 g/mol. The fourth-order valence-electron chi connectivity index (χ4n) is 9.54. The van der Waals surface area contributed by atoms with Crippen LogP contribution in [0.4, 0.5) is 0 Å². The minimum absolute atomic E-state index is 0.103. The van der Waals surface area contributed by atoms with Crippen LogP contribution in [0.5, 0.6) is 5.75 Å². The highest BCUT2D eigenvalue weighted by molar-refractivity contribution is 5.78. The van der Waals surface area contributed by atoms with Gasteiger partial charge in [-0.3, -0.25) is 14.5 Å². The maximum Gasteiger partial charge on any atom is 0.234 e. The molecule has 2 saturated carbocycles. The van der Waals surface area contributed by atoms with Crippen molar-refractivity contribution in [1.82, 2.24) is 20.4 Å². The number of piperidine rings is 2. The van der Waals surface area contributed by atoms with E-state index >= 15 is 0 Å². The first-order valence-electron chi connectivity index (χ1n) is 17.2. The molecule has 0 spiro atoms. The van der Waals surface area contributed by atoms with Gasteiger partial charge in [0.1, 0.15) is 5.75 Å². The minimum Gasteiger partial charge on any atom is -0.494 e. The molecule has 3 aliphatic carbocycles. The number of rotatable bonds is 9.